The number of carbonyl (C=O) groups excluding carboxylic acids is 2. The molecule has 0 spiro atoms. The van der Waals surface area contributed by atoms with Crippen LogP contribution in [-0.2, 0) is 19.1 Å². The number of carbonyl (C=O) groups is 2. The highest BCUT2D eigenvalue weighted by molar-refractivity contribution is 5.69. The third-order valence-electron chi connectivity index (χ3n) is 8.49. The minimum Gasteiger partial charge on any atom is -0.469 e. The van der Waals surface area contributed by atoms with Gasteiger partial charge in [0.25, 0.3) is 0 Å². The van der Waals surface area contributed by atoms with Crippen molar-refractivity contribution >= 4 is 11.9 Å². The van der Waals surface area contributed by atoms with Crippen LogP contribution < -0.4 is 0 Å². The van der Waals surface area contributed by atoms with Crippen LogP contribution in [0.3, 0.4) is 0 Å². The molecule has 0 aromatic rings. The van der Waals surface area contributed by atoms with Gasteiger partial charge in [0.05, 0.1) is 14.2 Å². The lowest BCUT2D eigenvalue weighted by Gasteiger charge is -2.22. The van der Waals surface area contributed by atoms with Crippen molar-refractivity contribution in [3.8, 4) is 0 Å². The minimum atomic E-state index is -0.0727. The minimum absolute atomic E-state index is 0.0727. The second kappa shape index (κ2) is 33.4. The molecule has 0 atom stereocenters. The topological polar surface area (TPSA) is 55.8 Å². The molecule has 0 aliphatic rings. The zero-order chi connectivity index (χ0) is 30.1. The number of methoxy groups -OCH3 is 2. The van der Waals surface area contributed by atoms with Crippen LogP contribution >= 0.6 is 0 Å². The van der Waals surface area contributed by atoms with E-state index in [1.54, 1.807) is 0 Å². The Morgan fingerprint density at radius 3 is 0.902 bits per heavy atom. The molecule has 0 unspecified atom stereocenters. The maximum atomic E-state index is 11.2. The smallest absolute Gasteiger partial charge is 0.305 e. The van der Waals surface area contributed by atoms with E-state index >= 15 is 0 Å². The molecule has 5 nitrogen and oxygen atoms in total. The van der Waals surface area contributed by atoms with Crippen LogP contribution in [0.5, 0.6) is 0 Å². The van der Waals surface area contributed by atoms with Gasteiger partial charge in [-0.2, -0.15) is 0 Å². The van der Waals surface area contributed by atoms with Crippen molar-refractivity contribution in [2.45, 2.75) is 187 Å². The molecule has 5 heteroatoms. The summed E-state index contributed by atoms with van der Waals surface area (Å²) in [6.45, 7) is 6.13. The van der Waals surface area contributed by atoms with Gasteiger partial charge in [-0.1, -0.05) is 142 Å². The van der Waals surface area contributed by atoms with Gasteiger partial charge in [-0.3, -0.25) is 9.59 Å². The van der Waals surface area contributed by atoms with Gasteiger partial charge in [-0.25, -0.2) is 0 Å². The van der Waals surface area contributed by atoms with Crippen molar-refractivity contribution < 1.29 is 19.1 Å². The van der Waals surface area contributed by atoms with Gasteiger partial charge in [-0.15, -0.1) is 0 Å². The Hall–Kier alpha value is -1.10. The lowest BCUT2D eigenvalue weighted by molar-refractivity contribution is -0.141. The lowest BCUT2D eigenvalue weighted by atomic mass is 10.1. The van der Waals surface area contributed by atoms with Crippen LogP contribution in [0.4, 0.5) is 0 Å². The monoisotopic (exact) mass is 582 g/mol. The highest BCUT2D eigenvalue weighted by Gasteiger charge is 2.06. The Labute approximate surface area is 256 Å². The van der Waals surface area contributed by atoms with Crippen molar-refractivity contribution in [1.82, 2.24) is 4.90 Å². The Balaban J connectivity index is 3.95. The molecule has 0 aromatic heterocycles. The van der Waals surface area contributed by atoms with Crippen LogP contribution in [-0.4, -0.2) is 50.7 Å². The summed E-state index contributed by atoms with van der Waals surface area (Å²) in [7, 11) is 2.95. The van der Waals surface area contributed by atoms with Crippen molar-refractivity contribution in [2.75, 3.05) is 33.9 Å². The first-order valence-electron chi connectivity index (χ1n) is 18.0. The maximum Gasteiger partial charge on any atom is 0.305 e. The SMILES string of the molecule is CCCCCCCCCCCCN(CCCCCCCCCCC(=O)OC)CCCCCCCCCCC(=O)OC. The number of unbranched alkanes of at least 4 members (excludes halogenated alkanes) is 23. The molecule has 0 fully saturated rings. The molecule has 0 radical (unpaired) electrons. The van der Waals surface area contributed by atoms with Crippen molar-refractivity contribution in [3.63, 3.8) is 0 Å². The van der Waals surface area contributed by atoms with Crippen LogP contribution in [0.2, 0.25) is 0 Å². The van der Waals surface area contributed by atoms with Crippen LogP contribution in [0.25, 0.3) is 0 Å². The molecule has 0 amide bonds. The Morgan fingerprint density at radius 2 is 0.634 bits per heavy atom. The van der Waals surface area contributed by atoms with E-state index in [0.717, 1.165) is 25.7 Å². The normalized spacial score (nSPS) is 11.3. The van der Waals surface area contributed by atoms with Crippen molar-refractivity contribution in [3.05, 3.63) is 0 Å². The summed E-state index contributed by atoms with van der Waals surface area (Å²) in [5.74, 6) is -0.145. The molecule has 0 rings (SSSR count). The van der Waals surface area contributed by atoms with Gasteiger partial charge < -0.3 is 14.4 Å². The van der Waals surface area contributed by atoms with E-state index in [4.69, 9.17) is 9.47 Å². The Morgan fingerprint density at radius 1 is 0.390 bits per heavy atom. The average molecular weight is 582 g/mol. The number of nitrogens with zero attached hydrogens (tertiary/aromatic N) is 1. The predicted molar refractivity (Wildman–Crippen MR) is 175 cm³/mol. The predicted octanol–water partition coefficient (Wildman–Crippen LogP) is 10.6. The third-order valence-corrected chi connectivity index (χ3v) is 8.49. The highest BCUT2D eigenvalue weighted by Crippen LogP contribution is 2.14. The number of hydrogen-bond acceptors (Lipinski definition) is 5. The van der Waals surface area contributed by atoms with Crippen LogP contribution in [0, 0.1) is 0 Å². The summed E-state index contributed by atoms with van der Waals surface area (Å²) < 4.78 is 9.43. The average Bonchev–Trinajstić information content (AvgIpc) is 2.98. The molecule has 0 aliphatic carbocycles. The van der Waals surface area contributed by atoms with Gasteiger partial charge in [-0.05, 0) is 51.7 Å². The van der Waals surface area contributed by atoms with E-state index in [-0.39, 0.29) is 11.9 Å². The van der Waals surface area contributed by atoms with E-state index in [9.17, 15) is 9.59 Å². The first-order valence-corrected chi connectivity index (χ1v) is 18.0. The Kier molecular flexibility index (Phi) is 32.5. The molecule has 0 saturated carbocycles. The summed E-state index contributed by atoms with van der Waals surface area (Å²) in [5.41, 5.74) is 0. The molecule has 0 aromatic carbocycles. The van der Waals surface area contributed by atoms with Gasteiger partial charge in [0.2, 0.25) is 0 Å². The number of rotatable bonds is 33. The summed E-state index contributed by atoms with van der Waals surface area (Å²) in [4.78, 5) is 25.1. The molecule has 41 heavy (non-hydrogen) atoms. The molecule has 0 saturated heterocycles. The largest absolute Gasteiger partial charge is 0.469 e. The summed E-state index contributed by atoms with van der Waals surface area (Å²) in [6.07, 6.45) is 35.3. The third kappa shape index (κ3) is 31.7. The first-order chi connectivity index (χ1) is 20.1. The summed E-state index contributed by atoms with van der Waals surface area (Å²) >= 11 is 0. The molecule has 244 valence electrons. The summed E-state index contributed by atoms with van der Waals surface area (Å²) in [6, 6.07) is 0. The van der Waals surface area contributed by atoms with E-state index < -0.39 is 0 Å². The van der Waals surface area contributed by atoms with E-state index in [1.807, 2.05) is 0 Å². The zero-order valence-corrected chi connectivity index (χ0v) is 28.0. The van der Waals surface area contributed by atoms with Crippen LogP contribution in [0.1, 0.15) is 187 Å². The summed E-state index contributed by atoms with van der Waals surface area (Å²) in [5, 5.41) is 0. The van der Waals surface area contributed by atoms with E-state index in [2.05, 4.69) is 11.8 Å². The standard InChI is InChI=1S/C36H71NO4/c1-4-5-6-7-8-9-12-17-22-27-32-37(33-28-23-18-13-10-15-20-25-30-35(38)40-2)34-29-24-19-14-11-16-21-26-31-36(39)41-3/h4-34H2,1-3H3. The Bertz CT molecular complexity index is 518. The van der Waals surface area contributed by atoms with Gasteiger partial charge in [0, 0.05) is 12.8 Å². The zero-order valence-electron chi connectivity index (χ0n) is 28.0. The number of hydrogen-bond donors (Lipinski definition) is 0. The fraction of sp³-hybridized carbons (Fsp3) is 0.944. The number of ether oxygens (including phenoxy) is 2. The maximum absolute atomic E-state index is 11.2. The quantitative estimate of drug-likeness (QED) is 0.0570. The fourth-order valence-corrected chi connectivity index (χ4v) is 5.69. The lowest BCUT2D eigenvalue weighted by Crippen LogP contribution is -2.27. The first kappa shape index (κ1) is 39.9. The number of esters is 2. The molecule has 0 N–H and O–H groups in total. The van der Waals surface area contributed by atoms with Gasteiger partial charge >= 0.3 is 11.9 Å². The highest BCUT2D eigenvalue weighted by atomic mass is 16.5. The van der Waals surface area contributed by atoms with Gasteiger partial charge in [0.15, 0.2) is 0 Å². The van der Waals surface area contributed by atoms with E-state index in [0.29, 0.717) is 12.8 Å². The fourth-order valence-electron chi connectivity index (χ4n) is 5.69. The van der Waals surface area contributed by atoms with Gasteiger partial charge in [0.1, 0.15) is 0 Å². The van der Waals surface area contributed by atoms with Crippen molar-refractivity contribution in [1.29, 1.82) is 0 Å². The van der Waals surface area contributed by atoms with Crippen molar-refractivity contribution in [2.24, 2.45) is 0 Å². The second-order valence-electron chi connectivity index (χ2n) is 12.3. The molecule has 0 heterocycles. The molecule has 0 bridgehead atoms. The van der Waals surface area contributed by atoms with E-state index in [1.165, 1.54) is 175 Å². The molecular formula is C36H71NO4. The molecular weight excluding hydrogens is 510 g/mol. The second-order valence-corrected chi connectivity index (χ2v) is 12.3. The molecule has 0 aliphatic heterocycles. The van der Waals surface area contributed by atoms with Crippen LogP contribution in [0.15, 0.2) is 0 Å².